The minimum atomic E-state index is -0.258. The van der Waals surface area contributed by atoms with Crippen molar-refractivity contribution in [3.63, 3.8) is 0 Å². The first-order chi connectivity index (χ1) is 8.99. The minimum absolute atomic E-state index is 0.258. The van der Waals surface area contributed by atoms with E-state index in [1.54, 1.807) is 0 Å². The molecule has 0 saturated carbocycles. The number of amidine groups is 1. The van der Waals surface area contributed by atoms with Crippen molar-refractivity contribution in [2.75, 3.05) is 26.2 Å². The minimum Gasteiger partial charge on any atom is -0.409 e. The largest absolute Gasteiger partial charge is 0.409 e. The van der Waals surface area contributed by atoms with Crippen LogP contribution in [0, 0.1) is 5.41 Å². The average Bonchev–Trinajstić information content (AvgIpc) is 2.42. The Hall–Kier alpha value is -0.810. The Kier molecular flexibility index (Phi) is 6.58. The lowest BCUT2D eigenvalue weighted by atomic mass is 9.87. The molecule has 0 radical (unpaired) electrons. The van der Waals surface area contributed by atoms with Gasteiger partial charge in [-0.2, -0.15) is 0 Å². The number of hydrogen-bond donors (Lipinski definition) is 2. The molecule has 3 N–H and O–H groups in total. The zero-order chi connectivity index (χ0) is 14.3. The summed E-state index contributed by atoms with van der Waals surface area (Å²) in [7, 11) is 0. The fourth-order valence-electron chi connectivity index (χ4n) is 2.34. The lowest BCUT2D eigenvalue weighted by molar-refractivity contribution is -0.00160. The molecule has 1 heterocycles. The molecule has 0 bridgehead atoms. The van der Waals surface area contributed by atoms with Gasteiger partial charge in [-0.05, 0) is 38.8 Å². The number of nitrogens with zero attached hydrogens (tertiary/aromatic N) is 2. The van der Waals surface area contributed by atoms with Crippen molar-refractivity contribution in [1.82, 2.24) is 4.90 Å². The fraction of sp³-hybridized carbons (Fsp3) is 0.929. The molecule has 5 heteroatoms. The number of piperidine rings is 1. The van der Waals surface area contributed by atoms with Crippen LogP contribution < -0.4 is 5.73 Å². The first-order valence-corrected chi connectivity index (χ1v) is 7.31. The summed E-state index contributed by atoms with van der Waals surface area (Å²) in [6.45, 7) is 10.1. The summed E-state index contributed by atoms with van der Waals surface area (Å²) in [5.74, 6) is 0.309. The molecule has 1 rings (SSSR count). The van der Waals surface area contributed by atoms with Gasteiger partial charge in [0.1, 0.15) is 5.84 Å². The molecule has 1 atom stereocenters. The average molecular weight is 271 g/mol. The number of nitrogens with two attached hydrogens (primary N) is 1. The molecule has 5 nitrogen and oxygen atoms in total. The highest BCUT2D eigenvalue weighted by Crippen LogP contribution is 2.22. The van der Waals surface area contributed by atoms with Gasteiger partial charge in [0.05, 0.1) is 6.10 Å². The molecular weight excluding hydrogens is 242 g/mol. The zero-order valence-electron chi connectivity index (χ0n) is 12.6. The van der Waals surface area contributed by atoms with Crippen molar-refractivity contribution in [2.45, 2.75) is 52.6 Å². The molecule has 0 amide bonds. The molecule has 1 saturated heterocycles. The van der Waals surface area contributed by atoms with Crippen LogP contribution in [0.2, 0.25) is 0 Å². The summed E-state index contributed by atoms with van der Waals surface area (Å²) < 4.78 is 5.83. The van der Waals surface area contributed by atoms with E-state index in [1.165, 1.54) is 12.8 Å². The summed E-state index contributed by atoms with van der Waals surface area (Å²) in [5.41, 5.74) is 5.46. The third-order valence-corrected chi connectivity index (χ3v) is 3.87. The van der Waals surface area contributed by atoms with E-state index in [-0.39, 0.29) is 5.41 Å². The normalized spacial score (nSPS) is 22.7. The van der Waals surface area contributed by atoms with E-state index in [0.717, 1.165) is 39.1 Å². The summed E-state index contributed by atoms with van der Waals surface area (Å²) in [5, 5.41) is 11.9. The van der Waals surface area contributed by atoms with Crippen molar-refractivity contribution < 1.29 is 9.94 Å². The summed E-state index contributed by atoms with van der Waals surface area (Å²) >= 11 is 0. The molecule has 0 aromatic rings. The van der Waals surface area contributed by atoms with E-state index in [9.17, 15) is 0 Å². The third-order valence-electron chi connectivity index (χ3n) is 3.87. The Morgan fingerprint density at radius 2 is 2.26 bits per heavy atom. The molecule has 19 heavy (non-hydrogen) atoms. The van der Waals surface area contributed by atoms with Gasteiger partial charge in [-0.1, -0.05) is 25.9 Å². The first-order valence-electron chi connectivity index (χ1n) is 7.31. The van der Waals surface area contributed by atoms with E-state index >= 15 is 0 Å². The van der Waals surface area contributed by atoms with Crippen molar-refractivity contribution in [3.05, 3.63) is 0 Å². The van der Waals surface area contributed by atoms with Crippen molar-refractivity contribution >= 4 is 5.84 Å². The number of oxime groups is 1. The van der Waals surface area contributed by atoms with Crippen LogP contribution in [-0.2, 0) is 4.74 Å². The van der Waals surface area contributed by atoms with Gasteiger partial charge in [0.15, 0.2) is 0 Å². The molecular formula is C14H29N3O2. The standard InChI is InChI=1S/C14H29N3O2/c1-4-10-19-12-6-5-8-17(11-12)9-7-14(2,3)13(15)16-18/h12,18H,4-11H2,1-3H3,(H2,15,16). The molecule has 0 aromatic carbocycles. The van der Waals surface area contributed by atoms with Gasteiger partial charge in [0.25, 0.3) is 0 Å². The molecule has 112 valence electrons. The number of ether oxygens (including phenoxy) is 1. The lowest BCUT2D eigenvalue weighted by Gasteiger charge is -2.34. The van der Waals surface area contributed by atoms with Crippen LogP contribution in [-0.4, -0.2) is 48.3 Å². The summed E-state index contributed by atoms with van der Waals surface area (Å²) in [4.78, 5) is 2.43. The quantitative estimate of drug-likeness (QED) is 0.322. The van der Waals surface area contributed by atoms with Crippen molar-refractivity contribution in [2.24, 2.45) is 16.3 Å². The van der Waals surface area contributed by atoms with Crippen LogP contribution in [0.1, 0.15) is 46.5 Å². The van der Waals surface area contributed by atoms with Crippen molar-refractivity contribution in [1.29, 1.82) is 0 Å². The van der Waals surface area contributed by atoms with Gasteiger partial charge in [0.2, 0.25) is 0 Å². The maximum atomic E-state index is 8.78. The van der Waals surface area contributed by atoms with Crippen LogP contribution in [0.5, 0.6) is 0 Å². The highest BCUT2D eigenvalue weighted by molar-refractivity contribution is 5.85. The van der Waals surface area contributed by atoms with Crippen molar-refractivity contribution in [3.8, 4) is 0 Å². The molecule has 1 aliphatic heterocycles. The Labute approximate surface area is 116 Å². The van der Waals surface area contributed by atoms with Gasteiger partial charge in [-0.3, -0.25) is 0 Å². The lowest BCUT2D eigenvalue weighted by Crippen LogP contribution is -2.42. The van der Waals surface area contributed by atoms with Gasteiger partial charge in [-0.15, -0.1) is 0 Å². The van der Waals surface area contributed by atoms with Crippen LogP contribution in [0.3, 0.4) is 0 Å². The number of rotatable bonds is 7. The van der Waals surface area contributed by atoms with Crippen LogP contribution in [0.15, 0.2) is 5.16 Å². The smallest absolute Gasteiger partial charge is 0.144 e. The second kappa shape index (κ2) is 7.70. The van der Waals surface area contributed by atoms with Gasteiger partial charge in [0, 0.05) is 18.6 Å². The molecule has 1 unspecified atom stereocenters. The summed E-state index contributed by atoms with van der Waals surface area (Å²) in [6, 6.07) is 0. The molecule has 0 aromatic heterocycles. The first kappa shape index (κ1) is 16.2. The van der Waals surface area contributed by atoms with Gasteiger partial charge < -0.3 is 20.6 Å². The van der Waals surface area contributed by atoms with Crippen LogP contribution in [0.25, 0.3) is 0 Å². The highest BCUT2D eigenvalue weighted by atomic mass is 16.5. The molecule has 1 fully saturated rings. The van der Waals surface area contributed by atoms with Crippen LogP contribution >= 0.6 is 0 Å². The SMILES string of the molecule is CCCOC1CCCN(CCC(C)(C)C(N)=NO)C1. The second-order valence-electron chi connectivity index (χ2n) is 6.05. The fourth-order valence-corrected chi connectivity index (χ4v) is 2.34. The van der Waals surface area contributed by atoms with Crippen LogP contribution in [0.4, 0.5) is 0 Å². The second-order valence-corrected chi connectivity index (χ2v) is 6.05. The maximum Gasteiger partial charge on any atom is 0.144 e. The van der Waals surface area contributed by atoms with Gasteiger partial charge in [-0.25, -0.2) is 0 Å². The number of likely N-dealkylation sites (tertiary alicyclic amines) is 1. The molecule has 1 aliphatic rings. The Morgan fingerprint density at radius 1 is 1.53 bits per heavy atom. The predicted molar refractivity (Wildman–Crippen MR) is 77.5 cm³/mol. The Bertz CT molecular complexity index is 292. The van der Waals surface area contributed by atoms with E-state index in [1.807, 2.05) is 13.8 Å². The Balaban J connectivity index is 2.36. The third kappa shape index (κ3) is 5.37. The topological polar surface area (TPSA) is 71.1 Å². The van der Waals surface area contributed by atoms with E-state index < -0.39 is 0 Å². The van der Waals surface area contributed by atoms with E-state index in [2.05, 4.69) is 17.0 Å². The monoisotopic (exact) mass is 271 g/mol. The highest BCUT2D eigenvalue weighted by Gasteiger charge is 2.26. The summed E-state index contributed by atoms with van der Waals surface area (Å²) in [6.07, 6.45) is 4.70. The molecule has 0 spiro atoms. The Morgan fingerprint density at radius 3 is 2.89 bits per heavy atom. The maximum absolute atomic E-state index is 8.78. The van der Waals surface area contributed by atoms with E-state index in [0.29, 0.717) is 11.9 Å². The molecule has 0 aliphatic carbocycles. The number of hydrogen-bond acceptors (Lipinski definition) is 4. The van der Waals surface area contributed by atoms with E-state index in [4.69, 9.17) is 15.7 Å². The zero-order valence-corrected chi connectivity index (χ0v) is 12.6. The predicted octanol–water partition coefficient (Wildman–Crippen LogP) is 2.04. The van der Waals surface area contributed by atoms with Gasteiger partial charge >= 0.3 is 0 Å².